The van der Waals surface area contributed by atoms with E-state index in [0.717, 1.165) is 19.3 Å². The van der Waals surface area contributed by atoms with Crippen LogP contribution in [0.1, 0.15) is 32.6 Å². The molecule has 1 N–H and O–H groups in total. The molecule has 0 aromatic rings. The van der Waals surface area contributed by atoms with E-state index in [1.165, 1.54) is 6.42 Å². The topological polar surface area (TPSA) is 38.3 Å². The van der Waals surface area contributed by atoms with Gasteiger partial charge in [-0.3, -0.25) is 4.79 Å². The lowest BCUT2D eigenvalue weighted by atomic mass is 9.92. The number of piperidine rings is 1. The van der Waals surface area contributed by atoms with E-state index in [2.05, 4.69) is 5.32 Å². The van der Waals surface area contributed by atoms with Gasteiger partial charge in [0.2, 0.25) is 0 Å². The van der Waals surface area contributed by atoms with E-state index in [9.17, 15) is 4.79 Å². The molecule has 2 aliphatic heterocycles. The third-order valence-electron chi connectivity index (χ3n) is 3.18. The molecule has 0 aromatic heterocycles. The number of rotatable bonds is 2. The molecule has 2 rings (SSSR count). The molecule has 2 aliphatic rings. The van der Waals surface area contributed by atoms with Gasteiger partial charge in [0, 0.05) is 12.1 Å². The zero-order valence-corrected chi connectivity index (χ0v) is 8.08. The van der Waals surface area contributed by atoms with Crippen LogP contribution in [-0.2, 0) is 9.53 Å². The zero-order valence-electron chi connectivity index (χ0n) is 8.08. The molecule has 0 spiro atoms. The highest BCUT2D eigenvalue weighted by Crippen LogP contribution is 2.31. The largest absolute Gasteiger partial charge is 0.466 e. The molecule has 0 aromatic carbocycles. The minimum atomic E-state index is 0.000324. The fraction of sp³-hybridized carbons (Fsp3) is 0.900. The Labute approximate surface area is 78.8 Å². The lowest BCUT2D eigenvalue weighted by Crippen LogP contribution is -2.44. The van der Waals surface area contributed by atoms with Crippen LogP contribution in [0.3, 0.4) is 0 Å². The molecule has 13 heavy (non-hydrogen) atoms. The summed E-state index contributed by atoms with van der Waals surface area (Å²) in [7, 11) is 0. The van der Waals surface area contributed by atoms with E-state index in [1.54, 1.807) is 0 Å². The number of fused-ring (bicyclic) bond motifs is 2. The number of ether oxygens (including phenoxy) is 1. The Morgan fingerprint density at radius 1 is 1.38 bits per heavy atom. The monoisotopic (exact) mass is 183 g/mol. The summed E-state index contributed by atoms with van der Waals surface area (Å²) in [6, 6.07) is 1.08. The van der Waals surface area contributed by atoms with Crippen molar-refractivity contribution in [1.29, 1.82) is 0 Å². The van der Waals surface area contributed by atoms with Crippen LogP contribution in [-0.4, -0.2) is 24.7 Å². The van der Waals surface area contributed by atoms with Gasteiger partial charge in [-0.2, -0.15) is 0 Å². The van der Waals surface area contributed by atoms with Crippen LogP contribution < -0.4 is 5.32 Å². The van der Waals surface area contributed by atoms with Gasteiger partial charge in [0.05, 0.1) is 12.5 Å². The fourth-order valence-corrected chi connectivity index (χ4v) is 2.51. The maximum absolute atomic E-state index is 11.5. The van der Waals surface area contributed by atoms with Crippen LogP contribution >= 0.6 is 0 Å². The average molecular weight is 183 g/mol. The van der Waals surface area contributed by atoms with Crippen molar-refractivity contribution in [3.8, 4) is 0 Å². The fourth-order valence-electron chi connectivity index (χ4n) is 2.51. The maximum Gasteiger partial charge on any atom is 0.310 e. The van der Waals surface area contributed by atoms with E-state index in [1.807, 2.05) is 6.92 Å². The Bertz CT molecular complexity index is 205. The Morgan fingerprint density at radius 2 is 2.15 bits per heavy atom. The molecule has 3 heteroatoms. The lowest BCUT2D eigenvalue weighted by molar-refractivity contribution is -0.149. The Balaban J connectivity index is 1.95. The highest BCUT2D eigenvalue weighted by atomic mass is 16.5. The first kappa shape index (κ1) is 9.00. The summed E-state index contributed by atoms with van der Waals surface area (Å²) in [6.07, 6.45) is 4.54. The van der Waals surface area contributed by atoms with Gasteiger partial charge in [-0.1, -0.05) is 0 Å². The molecule has 0 radical (unpaired) electrons. The highest BCUT2D eigenvalue weighted by molar-refractivity contribution is 5.73. The van der Waals surface area contributed by atoms with Crippen molar-refractivity contribution in [1.82, 2.24) is 5.32 Å². The molecule has 0 aliphatic carbocycles. The molecule has 1 unspecified atom stereocenters. The number of esters is 1. The van der Waals surface area contributed by atoms with Crippen LogP contribution in [0.2, 0.25) is 0 Å². The van der Waals surface area contributed by atoms with Gasteiger partial charge in [-0.25, -0.2) is 0 Å². The first-order valence-corrected chi connectivity index (χ1v) is 5.24. The zero-order chi connectivity index (χ0) is 9.26. The Kier molecular flexibility index (Phi) is 2.54. The predicted molar refractivity (Wildman–Crippen MR) is 49.3 cm³/mol. The number of nitrogens with one attached hydrogen (secondary N) is 1. The Hall–Kier alpha value is -0.570. The van der Waals surface area contributed by atoms with E-state index in [-0.39, 0.29) is 11.9 Å². The summed E-state index contributed by atoms with van der Waals surface area (Å²) in [4.78, 5) is 11.5. The van der Waals surface area contributed by atoms with E-state index >= 15 is 0 Å². The second kappa shape index (κ2) is 3.66. The smallest absolute Gasteiger partial charge is 0.310 e. The van der Waals surface area contributed by atoms with Crippen molar-refractivity contribution in [3.05, 3.63) is 0 Å². The van der Waals surface area contributed by atoms with Crippen molar-refractivity contribution in [2.75, 3.05) is 6.61 Å². The van der Waals surface area contributed by atoms with Gasteiger partial charge in [-0.05, 0) is 32.6 Å². The predicted octanol–water partition coefficient (Wildman–Crippen LogP) is 1.08. The lowest BCUT2D eigenvalue weighted by Gasteiger charge is -2.28. The van der Waals surface area contributed by atoms with Gasteiger partial charge in [0.15, 0.2) is 0 Å². The van der Waals surface area contributed by atoms with Crippen LogP contribution in [0.15, 0.2) is 0 Å². The summed E-state index contributed by atoms with van der Waals surface area (Å²) in [5.41, 5.74) is 0. The molecule has 2 saturated heterocycles. The van der Waals surface area contributed by atoms with Crippen LogP contribution in [0.25, 0.3) is 0 Å². The molecule has 0 saturated carbocycles. The van der Waals surface area contributed by atoms with Gasteiger partial charge in [0.1, 0.15) is 0 Å². The molecule has 74 valence electrons. The molecule has 0 amide bonds. The number of carbonyl (C=O) groups excluding carboxylic acids is 1. The van der Waals surface area contributed by atoms with Crippen LogP contribution in [0.4, 0.5) is 0 Å². The van der Waals surface area contributed by atoms with Crippen molar-refractivity contribution in [3.63, 3.8) is 0 Å². The van der Waals surface area contributed by atoms with Gasteiger partial charge < -0.3 is 10.1 Å². The highest BCUT2D eigenvalue weighted by Gasteiger charge is 2.39. The molecule has 3 nitrogen and oxygen atoms in total. The molecular formula is C10H17NO2. The first-order chi connectivity index (χ1) is 6.31. The quantitative estimate of drug-likeness (QED) is 0.651. The average Bonchev–Trinajstić information content (AvgIpc) is 2.48. The Morgan fingerprint density at radius 3 is 2.92 bits per heavy atom. The standard InChI is InChI=1S/C10H17NO2/c1-2-13-10(12)8-5-3-7-4-6-9(8)11-7/h7-9,11H,2-6H2,1H3/t7?,8-,9-/m0/s1. The van der Waals surface area contributed by atoms with Crippen LogP contribution in [0.5, 0.6) is 0 Å². The third kappa shape index (κ3) is 1.70. The van der Waals surface area contributed by atoms with Crippen molar-refractivity contribution < 1.29 is 9.53 Å². The van der Waals surface area contributed by atoms with E-state index in [0.29, 0.717) is 18.7 Å². The summed E-state index contributed by atoms with van der Waals surface area (Å²) < 4.78 is 5.05. The molecule has 2 bridgehead atoms. The number of carbonyl (C=O) groups is 1. The molecule has 2 heterocycles. The molecule has 2 fully saturated rings. The van der Waals surface area contributed by atoms with E-state index in [4.69, 9.17) is 4.74 Å². The normalized spacial score (nSPS) is 37.5. The number of hydrogen-bond donors (Lipinski definition) is 1. The summed E-state index contributed by atoms with van der Waals surface area (Å²) in [5, 5.41) is 3.48. The minimum Gasteiger partial charge on any atom is -0.466 e. The van der Waals surface area contributed by atoms with Crippen molar-refractivity contribution in [2.45, 2.75) is 44.7 Å². The summed E-state index contributed by atoms with van der Waals surface area (Å²) in [5.74, 6) is 0.124. The second-order valence-corrected chi connectivity index (χ2v) is 3.98. The van der Waals surface area contributed by atoms with Crippen molar-refractivity contribution >= 4 is 5.97 Å². The summed E-state index contributed by atoms with van der Waals surface area (Å²) in [6.45, 7) is 2.37. The summed E-state index contributed by atoms with van der Waals surface area (Å²) >= 11 is 0. The third-order valence-corrected chi connectivity index (χ3v) is 3.18. The first-order valence-electron chi connectivity index (χ1n) is 5.24. The van der Waals surface area contributed by atoms with Crippen LogP contribution in [0, 0.1) is 5.92 Å². The maximum atomic E-state index is 11.5. The van der Waals surface area contributed by atoms with Gasteiger partial charge in [-0.15, -0.1) is 0 Å². The SMILES string of the molecule is CCOC(=O)[C@H]1CCC2CC[C@@H]1N2. The van der Waals surface area contributed by atoms with Gasteiger partial charge >= 0.3 is 5.97 Å². The molecule has 3 atom stereocenters. The second-order valence-electron chi connectivity index (χ2n) is 3.98. The van der Waals surface area contributed by atoms with Crippen molar-refractivity contribution in [2.24, 2.45) is 5.92 Å². The molecular weight excluding hydrogens is 166 g/mol. The number of hydrogen-bond acceptors (Lipinski definition) is 3. The van der Waals surface area contributed by atoms with E-state index < -0.39 is 0 Å². The minimum absolute atomic E-state index is 0.000324. The van der Waals surface area contributed by atoms with Gasteiger partial charge in [0.25, 0.3) is 0 Å².